The Morgan fingerprint density at radius 3 is 3.00 bits per heavy atom. The maximum Gasteiger partial charge on any atom is 0.201 e. The van der Waals surface area contributed by atoms with Crippen molar-refractivity contribution in [3.63, 3.8) is 0 Å². The molecule has 1 unspecified atom stereocenters. The van der Waals surface area contributed by atoms with Crippen molar-refractivity contribution in [3.05, 3.63) is 11.6 Å². The van der Waals surface area contributed by atoms with Gasteiger partial charge in [-0.1, -0.05) is 6.82 Å². The van der Waals surface area contributed by atoms with Crippen LogP contribution in [0.25, 0.3) is 0 Å². The highest BCUT2D eigenvalue weighted by atomic mass is 15.2. The van der Waals surface area contributed by atoms with Gasteiger partial charge in [-0.2, -0.15) is 0 Å². The molecule has 1 aliphatic rings. The largest absolute Gasteiger partial charge is 0.345 e. The van der Waals surface area contributed by atoms with Gasteiger partial charge >= 0.3 is 0 Å². The Balaban J connectivity index is 2.04. The zero-order valence-electron chi connectivity index (χ0n) is 8.95. The number of aromatic amines is 1. The van der Waals surface area contributed by atoms with E-state index in [0.29, 0.717) is 5.92 Å². The number of rotatable bonds is 2. The van der Waals surface area contributed by atoms with Crippen molar-refractivity contribution in [2.45, 2.75) is 32.5 Å². The minimum atomic E-state index is 0.560. The lowest BCUT2D eigenvalue weighted by Crippen LogP contribution is -2.36. The van der Waals surface area contributed by atoms with E-state index in [0.717, 1.165) is 25.6 Å². The molecule has 1 aromatic rings. The molecule has 0 amide bonds. The van der Waals surface area contributed by atoms with Gasteiger partial charge in [-0.05, 0) is 32.9 Å². The molecular weight excluding hydrogens is 175 g/mol. The summed E-state index contributed by atoms with van der Waals surface area (Å²) in [5.74, 6) is 2.55. The summed E-state index contributed by atoms with van der Waals surface area (Å²) in [7, 11) is 1.14. The molecular formula is C9H17BN4. The van der Waals surface area contributed by atoms with Crippen LogP contribution in [0, 0.1) is 6.92 Å². The molecule has 0 saturated carbocycles. The van der Waals surface area contributed by atoms with E-state index in [-0.39, 0.29) is 0 Å². The lowest BCUT2D eigenvalue weighted by molar-refractivity contribution is 0.318. The van der Waals surface area contributed by atoms with E-state index in [1.165, 1.54) is 19.4 Å². The molecule has 0 bridgehead atoms. The number of piperidine rings is 1. The zero-order valence-corrected chi connectivity index (χ0v) is 8.95. The molecule has 1 N–H and O–H groups in total. The molecule has 0 aromatic carbocycles. The van der Waals surface area contributed by atoms with Crippen molar-refractivity contribution < 1.29 is 0 Å². The minimum absolute atomic E-state index is 0.560. The highest BCUT2D eigenvalue weighted by Gasteiger charge is 2.22. The monoisotopic (exact) mass is 192 g/mol. The first kappa shape index (κ1) is 9.71. The van der Waals surface area contributed by atoms with Crippen LogP contribution in [0.5, 0.6) is 0 Å². The smallest absolute Gasteiger partial charge is 0.201 e. The molecule has 1 atom stereocenters. The summed E-state index contributed by atoms with van der Waals surface area (Å²) in [6.45, 7) is 6.54. The molecule has 1 aromatic heterocycles. The van der Waals surface area contributed by atoms with Gasteiger partial charge in [0, 0.05) is 5.92 Å². The predicted molar refractivity (Wildman–Crippen MR) is 57.7 cm³/mol. The van der Waals surface area contributed by atoms with Gasteiger partial charge in [-0.3, -0.25) is 0 Å². The molecule has 14 heavy (non-hydrogen) atoms. The Bertz CT molecular complexity index is 299. The highest BCUT2D eigenvalue weighted by Crippen LogP contribution is 2.23. The molecule has 1 aliphatic heterocycles. The van der Waals surface area contributed by atoms with Gasteiger partial charge in [0.25, 0.3) is 0 Å². The Morgan fingerprint density at radius 1 is 1.50 bits per heavy atom. The first-order valence-electron chi connectivity index (χ1n) is 5.41. The molecule has 0 aliphatic carbocycles. The van der Waals surface area contributed by atoms with Crippen LogP contribution in [0.4, 0.5) is 0 Å². The van der Waals surface area contributed by atoms with Crippen molar-refractivity contribution in [2.24, 2.45) is 0 Å². The quantitative estimate of drug-likeness (QED) is 0.701. The van der Waals surface area contributed by atoms with E-state index in [1.54, 1.807) is 0 Å². The fraction of sp³-hybridized carbons (Fsp3) is 0.778. The molecule has 0 radical (unpaired) electrons. The minimum Gasteiger partial charge on any atom is -0.345 e. The summed E-state index contributed by atoms with van der Waals surface area (Å²) in [6.07, 6.45) is 2.52. The van der Waals surface area contributed by atoms with Gasteiger partial charge in [0.15, 0.2) is 0 Å². The number of aromatic nitrogens is 3. The van der Waals surface area contributed by atoms with Gasteiger partial charge in [0.1, 0.15) is 11.6 Å². The average Bonchev–Trinajstić information content (AvgIpc) is 2.65. The maximum atomic E-state index is 4.18. The fourth-order valence-electron chi connectivity index (χ4n) is 2.11. The predicted octanol–water partition coefficient (Wildman–Crippen LogP) is 0.692. The van der Waals surface area contributed by atoms with Gasteiger partial charge in [0.2, 0.25) is 7.41 Å². The first-order chi connectivity index (χ1) is 6.79. The van der Waals surface area contributed by atoms with E-state index < -0.39 is 0 Å². The molecule has 5 heteroatoms. The van der Waals surface area contributed by atoms with E-state index in [1.807, 2.05) is 6.92 Å². The van der Waals surface area contributed by atoms with Crippen LogP contribution >= 0.6 is 0 Å². The van der Waals surface area contributed by atoms with Crippen LogP contribution in [0.3, 0.4) is 0 Å². The average molecular weight is 192 g/mol. The maximum absolute atomic E-state index is 4.18. The fourth-order valence-corrected chi connectivity index (χ4v) is 2.11. The topological polar surface area (TPSA) is 44.8 Å². The van der Waals surface area contributed by atoms with E-state index in [4.69, 9.17) is 0 Å². The molecule has 1 fully saturated rings. The Hall–Kier alpha value is -0.835. The van der Waals surface area contributed by atoms with Crippen molar-refractivity contribution in [2.75, 3.05) is 13.1 Å². The summed E-state index contributed by atoms with van der Waals surface area (Å²) in [6, 6.07) is 0. The second-order valence-electron chi connectivity index (χ2n) is 4.03. The van der Waals surface area contributed by atoms with E-state index >= 15 is 0 Å². The summed E-state index contributed by atoms with van der Waals surface area (Å²) in [5.41, 5.74) is 0. The van der Waals surface area contributed by atoms with Crippen molar-refractivity contribution >= 4 is 7.41 Å². The number of hydrogen-bond donors (Lipinski definition) is 1. The Labute approximate surface area is 85.4 Å². The lowest BCUT2D eigenvalue weighted by atomic mass is 9.87. The zero-order chi connectivity index (χ0) is 9.97. The van der Waals surface area contributed by atoms with Crippen LogP contribution in [0.1, 0.15) is 30.4 Å². The summed E-state index contributed by atoms with van der Waals surface area (Å²) < 4.78 is 0. The summed E-state index contributed by atoms with van der Waals surface area (Å²) in [4.78, 5) is 5.72. The molecule has 2 rings (SSSR count). The normalized spacial score (nSPS) is 23.7. The SMILES string of the molecule is CBN1CCCC(c2nnc(C)[nH]2)C1. The lowest BCUT2D eigenvalue weighted by Gasteiger charge is -2.30. The van der Waals surface area contributed by atoms with E-state index in [2.05, 4.69) is 26.8 Å². The highest BCUT2D eigenvalue weighted by molar-refractivity contribution is 6.29. The number of H-pyrrole nitrogens is 1. The van der Waals surface area contributed by atoms with E-state index in [9.17, 15) is 0 Å². The Kier molecular flexibility index (Phi) is 2.86. The summed E-state index contributed by atoms with van der Waals surface area (Å²) in [5, 5.41) is 8.19. The van der Waals surface area contributed by atoms with Crippen LogP contribution < -0.4 is 0 Å². The Morgan fingerprint density at radius 2 is 2.36 bits per heavy atom. The first-order valence-corrected chi connectivity index (χ1v) is 5.41. The third-order valence-corrected chi connectivity index (χ3v) is 2.96. The van der Waals surface area contributed by atoms with Crippen molar-refractivity contribution in [1.82, 2.24) is 20.0 Å². The molecule has 1 saturated heterocycles. The van der Waals surface area contributed by atoms with Crippen LogP contribution in [0.2, 0.25) is 6.82 Å². The standard InChI is InChI=1S/C9H17BN4/c1-7-11-9(13-12-7)8-4-3-5-14(6-8)10-2/h8,10H,3-6H2,1-2H3,(H,11,12,13). The number of aryl methyl sites for hydroxylation is 1. The van der Waals surface area contributed by atoms with Crippen molar-refractivity contribution in [3.8, 4) is 0 Å². The molecule has 2 heterocycles. The number of nitrogens with one attached hydrogen (secondary N) is 1. The van der Waals surface area contributed by atoms with Gasteiger partial charge in [-0.15, -0.1) is 10.2 Å². The van der Waals surface area contributed by atoms with Crippen molar-refractivity contribution in [1.29, 1.82) is 0 Å². The molecule has 0 spiro atoms. The van der Waals surface area contributed by atoms with Crippen LogP contribution in [0.15, 0.2) is 0 Å². The number of nitrogens with zero attached hydrogens (tertiary/aromatic N) is 3. The number of hydrogen-bond acceptors (Lipinski definition) is 3. The second kappa shape index (κ2) is 4.13. The van der Waals surface area contributed by atoms with Gasteiger partial charge in [-0.25, -0.2) is 0 Å². The van der Waals surface area contributed by atoms with Gasteiger partial charge in [0.05, 0.1) is 0 Å². The van der Waals surface area contributed by atoms with Gasteiger partial charge < -0.3 is 9.79 Å². The van der Waals surface area contributed by atoms with Crippen LogP contribution in [-0.4, -0.2) is 40.5 Å². The molecule has 4 nitrogen and oxygen atoms in total. The van der Waals surface area contributed by atoms with Crippen LogP contribution in [-0.2, 0) is 0 Å². The third-order valence-electron chi connectivity index (χ3n) is 2.96. The second-order valence-corrected chi connectivity index (χ2v) is 4.03. The summed E-state index contributed by atoms with van der Waals surface area (Å²) >= 11 is 0. The third kappa shape index (κ3) is 1.98. The molecule has 76 valence electrons.